The second-order valence-electron chi connectivity index (χ2n) is 8.79. The highest BCUT2D eigenvalue weighted by Gasteiger charge is 2.46. The van der Waals surface area contributed by atoms with E-state index in [1.54, 1.807) is 0 Å². The van der Waals surface area contributed by atoms with Crippen molar-refractivity contribution in [3.63, 3.8) is 0 Å². The van der Waals surface area contributed by atoms with Gasteiger partial charge in [-0.05, 0) is 64.0 Å². The third kappa shape index (κ3) is 3.06. The van der Waals surface area contributed by atoms with Crippen LogP contribution in [0.4, 0.5) is 4.79 Å². The number of rotatable bonds is 2. The zero-order valence-corrected chi connectivity index (χ0v) is 15.8. The van der Waals surface area contributed by atoms with Gasteiger partial charge in [-0.3, -0.25) is 4.79 Å². The fourth-order valence-corrected chi connectivity index (χ4v) is 4.75. The monoisotopic (exact) mass is 353 g/mol. The van der Waals surface area contributed by atoms with Crippen molar-refractivity contribution < 1.29 is 14.3 Å². The van der Waals surface area contributed by atoms with E-state index in [9.17, 15) is 9.59 Å². The molecule has 26 heavy (non-hydrogen) atoms. The Morgan fingerprint density at radius 3 is 2.46 bits per heavy atom. The molecule has 0 saturated carbocycles. The van der Waals surface area contributed by atoms with Gasteiger partial charge in [0.25, 0.3) is 0 Å². The molecule has 3 aliphatic rings. The summed E-state index contributed by atoms with van der Waals surface area (Å²) in [5.41, 5.74) is 2.73. The van der Waals surface area contributed by atoms with E-state index in [1.165, 1.54) is 11.1 Å². The van der Waals surface area contributed by atoms with Crippen LogP contribution >= 0.6 is 0 Å². The molecule has 0 aromatic heterocycles. The lowest BCUT2D eigenvalue weighted by Crippen LogP contribution is -2.49. The Kier molecular flexibility index (Phi) is 4.17. The summed E-state index contributed by atoms with van der Waals surface area (Å²) < 4.78 is 5.59. The SMILES string of the molecule is CC(C)(C)OC(=O)N1C2CCC1CC(C(=O)c1cccc3c1CC=C3)C2. The average molecular weight is 353 g/mol. The number of amides is 1. The number of piperidine rings is 1. The normalized spacial score (nSPS) is 26.7. The molecule has 2 saturated heterocycles. The van der Waals surface area contributed by atoms with Gasteiger partial charge in [-0.15, -0.1) is 0 Å². The third-order valence-electron chi connectivity index (χ3n) is 5.81. The van der Waals surface area contributed by atoms with Crippen molar-refractivity contribution in [2.45, 2.75) is 70.6 Å². The Bertz CT molecular complexity index is 760. The Labute approximate surface area is 155 Å². The first kappa shape index (κ1) is 17.3. The van der Waals surface area contributed by atoms with Gasteiger partial charge < -0.3 is 9.64 Å². The van der Waals surface area contributed by atoms with Crippen LogP contribution in [0, 0.1) is 5.92 Å². The molecule has 4 rings (SSSR count). The summed E-state index contributed by atoms with van der Waals surface area (Å²) in [7, 11) is 0. The van der Waals surface area contributed by atoms with Gasteiger partial charge in [0.15, 0.2) is 5.78 Å². The number of Topliss-reactive ketones (excluding diaryl/α,β-unsaturated/α-hetero) is 1. The zero-order valence-electron chi connectivity index (χ0n) is 15.8. The maximum absolute atomic E-state index is 13.2. The largest absolute Gasteiger partial charge is 0.444 e. The minimum absolute atomic E-state index is 0.0123. The van der Waals surface area contributed by atoms with Crippen LogP contribution in [0.2, 0.25) is 0 Å². The highest BCUT2D eigenvalue weighted by atomic mass is 16.6. The van der Waals surface area contributed by atoms with Crippen molar-refractivity contribution in [3.05, 3.63) is 41.0 Å². The molecular weight excluding hydrogens is 326 g/mol. The molecule has 1 aromatic carbocycles. The summed E-state index contributed by atoms with van der Waals surface area (Å²) in [5, 5.41) is 0. The van der Waals surface area contributed by atoms with E-state index in [0.29, 0.717) is 0 Å². The molecule has 138 valence electrons. The summed E-state index contributed by atoms with van der Waals surface area (Å²) in [5.74, 6) is 0.268. The number of hydrogen-bond acceptors (Lipinski definition) is 3. The molecule has 4 heteroatoms. The van der Waals surface area contributed by atoms with E-state index in [4.69, 9.17) is 4.74 Å². The average Bonchev–Trinajstić information content (AvgIpc) is 3.14. The summed E-state index contributed by atoms with van der Waals surface area (Å²) >= 11 is 0. The summed E-state index contributed by atoms with van der Waals surface area (Å²) in [4.78, 5) is 27.7. The standard InChI is InChI=1S/C22H27NO3/c1-22(2,3)26-21(25)23-16-10-11-17(23)13-15(12-16)20(24)19-9-5-7-14-6-4-8-18(14)19/h4-7,9,15-17H,8,10-13H2,1-3H3. The van der Waals surface area contributed by atoms with Crippen LogP contribution in [0.3, 0.4) is 0 Å². The molecule has 1 aromatic rings. The van der Waals surface area contributed by atoms with E-state index in [-0.39, 0.29) is 29.9 Å². The first-order valence-corrected chi connectivity index (χ1v) is 9.67. The Balaban J connectivity index is 1.50. The van der Waals surface area contributed by atoms with Crippen LogP contribution in [-0.4, -0.2) is 34.5 Å². The summed E-state index contributed by atoms with van der Waals surface area (Å²) in [6, 6.07) is 6.28. The van der Waals surface area contributed by atoms with Gasteiger partial charge >= 0.3 is 6.09 Å². The molecule has 1 aliphatic carbocycles. The van der Waals surface area contributed by atoms with Crippen molar-refractivity contribution in [2.75, 3.05) is 0 Å². The number of allylic oxidation sites excluding steroid dienone is 1. The predicted molar refractivity (Wildman–Crippen MR) is 101 cm³/mol. The molecule has 2 fully saturated rings. The van der Waals surface area contributed by atoms with Gasteiger partial charge in [0.05, 0.1) is 0 Å². The van der Waals surface area contributed by atoms with Gasteiger partial charge in [0.1, 0.15) is 5.60 Å². The fourth-order valence-electron chi connectivity index (χ4n) is 4.75. The van der Waals surface area contributed by atoms with E-state index in [1.807, 2.05) is 37.8 Å². The number of ketones is 1. The lowest BCUT2D eigenvalue weighted by atomic mass is 9.83. The number of fused-ring (bicyclic) bond motifs is 3. The van der Waals surface area contributed by atoms with Gasteiger partial charge in [-0.2, -0.15) is 0 Å². The Hall–Kier alpha value is -2.10. The Morgan fingerprint density at radius 1 is 1.12 bits per heavy atom. The first-order valence-electron chi connectivity index (χ1n) is 9.67. The first-order chi connectivity index (χ1) is 12.3. The van der Waals surface area contributed by atoms with Crippen molar-refractivity contribution in [1.82, 2.24) is 4.90 Å². The molecule has 1 amide bonds. The lowest BCUT2D eigenvalue weighted by Gasteiger charge is -2.39. The quantitative estimate of drug-likeness (QED) is 0.729. The molecule has 0 N–H and O–H groups in total. The van der Waals surface area contributed by atoms with Gasteiger partial charge in [-0.25, -0.2) is 4.79 Å². The second kappa shape index (κ2) is 6.26. The fraction of sp³-hybridized carbons (Fsp3) is 0.545. The molecule has 4 nitrogen and oxygen atoms in total. The van der Waals surface area contributed by atoms with Crippen LogP contribution in [0.5, 0.6) is 0 Å². The van der Waals surface area contributed by atoms with Gasteiger partial charge in [0.2, 0.25) is 0 Å². The topological polar surface area (TPSA) is 46.6 Å². The van der Waals surface area contributed by atoms with Gasteiger partial charge in [0, 0.05) is 23.6 Å². The smallest absolute Gasteiger partial charge is 0.410 e. The molecule has 2 heterocycles. The Morgan fingerprint density at radius 2 is 1.81 bits per heavy atom. The van der Waals surface area contributed by atoms with E-state index < -0.39 is 5.60 Å². The minimum Gasteiger partial charge on any atom is -0.444 e. The van der Waals surface area contributed by atoms with Crippen molar-refractivity contribution in [3.8, 4) is 0 Å². The maximum Gasteiger partial charge on any atom is 0.410 e. The lowest BCUT2D eigenvalue weighted by molar-refractivity contribution is 0.00253. The zero-order chi connectivity index (χ0) is 18.5. The van der Waals surface area contributed by atoms with Crippen LogP contribution in [-0.2, 0) is 11.2 Å². The van der Waals surface area contributed by atoms with Crippen molar-refractivity contribution >= 4 is 18.0 Å². The van der Waals surface area contributed by atoms with E-state index in [0.717, 1.165) is 37.7 Å². The van der Waals surface area contributed by atoms with Crippen LogP contribution in [0.15, 0.2) is 24.3 Å². The molecule has 2 aliphatic heterocycles. The third-order valence-corrected chi connectivity index (χ3v) is 5.81. The molecule has 2 unspecified atom stereocenters. The summed E-state index contributed by atoms with van der Waals surface area (Å²) in [6.45, 7) is 5.69. The number of hydrogen-bond donors (Lipinski definition) is 0. The molecule has 2 atom stereocenters. The van der Waals surface area contributed by atoms with Crippen molar-refractivity contribution in [1.29, 1.82) is 0 Å². The molecule has 0 radical (unpaired) electrons. The predicted octanol–water partition coefficient (Wildman–Crippen LogP) is 4.62. The number of carbonyl (C=O) groups excluding carboxylic acids is 2. The van der Waals surface area contributed by atoms with Crippen LogP contribution in [0.25, 0.3) is 6.08 Å². The molecule has 2 bridgehead atoms. The second-order valence-corrected chi connectivity index (χ2v) is 8.79. The number of carbonyl (C=O) groups is 2. The van der Waals surface area contributed by atoms with E-state index >= 15 is 0 Å². The number of nitrogens with zero attached hydrogens (tertiary/aromatic N) is 1. The number of benzene rings is 1. The highest BCUT2D eigenvalue weighted by Crippen LogP contribution is 2.41. The van der Waals surface area contributed by atoms with Crippen LogP contribution < -0.4 is 0 Å². The highest BCUT2D eigenvalue weighted by molar-refractivity contribution is 6.00. The maximum atomic E-state index is 13.2. The van der Waals surface area contributed by atoms with E-state index in [2.05, 4.69) is 18.2 Å². The van der Waals surface area contributed by atoms with Gasteiger partial charge in [-0.1, -0.05) is 30.4 Å². The number of ether oxygens (including phenoxy) is 1. The molecular formula is C22H27NO3. The minimum atomic E-state index is -0.485. The van der Waals surface area contributed by atoms with Crippen LogP contribution in [0.1, 0.15) is 67.9 Å². The molecule has 0 spiro atoms. The summed E-state index contributed by atoms with van der Waals surface area (Å²) in [6.07, 6.45) is 8.31. The van der Waals surface area contributed by atoms with Crippen molar-refractivity contribution in [2.24, 2.45) is 5.92 Å².